The molecular formula is C7H9N7O. The summed E-state index contributed by atoms with van der Waals surface area (Å²) in [5.41, 5.74) is 5.93. The number of carbonyl (C=O) groups is 1. The number of ketones is 1. The molecule has 0 amide bonds. The molecule has 78 valence electrons. The number of tetrazole rings is 1. The van der Waals surface area contributed by atoms with Crippen LogP contribution in [0.1, 0.15) is 16.2 Å². The normalized spacial score (nSPS) is 10.5. The van der Waals surface area contributed by atoms with Gasteiger partial charge in [-0.15, -0.1) is 10.2 Å². The highest BCUT2D eigenvalue weighted by Gasteiger charge is 2.19. The van der Waals surface area contributed by atoms with E-state index in [1.807, 2.05) is 0 Å². The fraction of sp³-hybridized carbons (Fsp3) is 0.286. The summed E-state index contributed by atoms with van der Waals surface area (Å²) in [6.45, 7) is 0. The van der Waals surface area contributed by atoms with E-state index in [-0.39, 0.29) is 23.0 Å². The highest BCUT2D eigenvalue weighted by molar-refractivity contribution is 6.09. The van der Waals surface area contributed by atoms with Crippen LogP contribution in [0, 0.1) is 0 Å². The molecule has 8 nitrogen and oxygen atoms in total. The van der Waals surface area contributed by atoms with Gasteiger partial charge in [0.2, 0.25) is 11.6 Å². The summed E-state index contributed by atoms with van der Waals surface area (Å²) < 4.78 is 1.41. The Morgan fingerprint density at radius 2 is 2.20 bits per heavy atom. The maximum Gasteiger partial charge on any atom is 0.245 e. The van der Waals surface area contributed by atoms with Crippen molar-refractivity contribution in [1.29, 1.82) is 0 Å². The Morgan fingerprint density at radius 3 is 2.67 bits per heavy atom. The first kappa shape index (κ1) is 9.31. The first-order valence-electron chi connectivity index (χ1n) is 4.15. The molecular weight excluding hydrogens is 198 g/mol. The lowest BCUT2D eigenvalue weighted by atomic mass is 10.2. The third-order valence-corrected chi connectivity index (χ3v) is 1.94. The van der Waals surface area contributed by atoms with Gasteiger partial charge in [0.05, 0.1) is 18.8 Å². The maximum atomic E-state index is 11.8. The van der Waals surface area contributed by atoms with Gasteiger partial charge in [0.15, 0.2) is 0 Å². The fourth-order valence-corrected chi connectivity index (χ4v) is 1.12. The van der Waals surface area contributed by atoms with Gasteiger partial charge >= 0.3 is 0 Å². The second-order valence-corrected chi connectivity index (χ2v) is 3.00. The Labute approximate surface area is 84.7 Å². The van der Waals surface area contributed by atoms with E-state index >= 15 is 0 Å². The van der Waals surface area contributed by atoms with Crippen molar-refractivity contribution < 1.29 is 4.79 Å². The zero-order valence-electron chi connectivity index (χ0n) is 8.25. The quantitative estimate of drug-likeness (QED) is 0.617. The lowest BCUT2D eigenvalue weighted by Gasteiger charge is -1.95. The molecule has 2 aromatic heterocycles. The molecule has 0 aliphatic carbocycles. The van der Waals surface area contributed by atoms with Crippen LogP contribution in [-0.2, 0) is 14.1 Å². The highest BCUT2D eigenvalue weighted by Crippen LogP contribution is 2.12. The van der Waals surface area contributed by atoms with Gasteiger partial charge in [-0.2, -0.15) is 9.90 Å². The van der Waals surface area contributed by atoms with Crippen LogP contribution in [0.5, 0.6) is 0 Å². The van der Waals surface area contributed by atoms with Gasteiger partial charge < -0.3 is 5.73 Å². The number of nitrogen functional groups attached to an aromatic ring is 1. The van der Waals surface area contributed by atoms with Crippen LogP contribution in [0.15, 0.2) is 6.20 Å². The molecule has 0 unspecified atom stereocenters. The number of hydrogen-bond acceptors (Lipinski definition) is 6. The molecule has 2 aromatic rings. The van der Waals surface area contributed by atoms with Crippen molar-refractivity contribution in [2.24, 2.45) is 14.1 Å². The molecule has 0 aliphatic rings. The Hall–Kier alpha value is -2.25. The van der Waals surface area contributed by atoms with Crippen molar-refractivity contribution in [2.75, 3.05) is 5.73 Å². The number of carbonyl (C=O) groups excluding carboxylic acids is 1. The van der Waals surface area contributed by atoms with E-state index in [0.29, 0.717) is 0 Å². The highest BCUT2D eigenvalue weighted by atomic mass is 16.1. The van der Waals surface area contributed by atoms with Crippen LogP contribution < -0.4 is 5.73 Å². The van der Waals surface area contributed by atoms with E-state index in [9.17, 15) is 4.79 Å². The number of nitrogens with two attached hydrogens (primary N) is 1. The predicted molar refractivity (Wildman–Crippen MR) is 49.9 cm³/mol. The molecule has 15 heavy (non-hydrogen) atoms. The summed E-state index contributed by atoms with van der Waals surface area (Å²) in [7, 11) is 3.23. The molecule has 0 saturated carbocycles. The van der Waals surface area contributed by atoms with Crippen molar-refractivity contribution in [3.63, 3.8) is 0 Å². The third kappa shape index (κ3) is 1.45. The molecule has 0 aliphatic heterocycles. The number of aromatic nitrogens is 6. The van der Waals surface area contributed by atoms with Crippen molar-refractivity contribution in [1.82, 2.24) is 30.0 Å². The zero-order valence-corrected chi connectivity index (χ0v) is 8.25. The van der Waals surface area contributed by atoms with Gasteiger partial charge in [-0.25, -0.2) is 0 Å². The van der Waals surface area contributed by atoms with E-state index < -0.39 is 0 Å². The SMILES string of the molecule is Cn1nnc(C(=O)c2cnn(C)c2N)n1. The summed E-state index contributed by atoms with van der Waals surface area (Å²) in [4.78, 5) is 13.0. The lowest BCUT2D eigenvalue weighted by Crippen LogP contribution is -2.08. The van der Waals surface area contributed by atoms with Crippen LogP contribution in [0.4, 0.5) is 5.82 Å². The number of aryl methyl sites for hydroxylation is 2. The minimum absolute atomic E-state index is 0.0113. The Morgan fingerprint density at radius 1 is 1.47 bits per heavy atom. The molecule has 0 saturated heterocycles. The summed E-state index contributed by atoms with van der Waals surface area (Å²) in [5.74, 6) is -0.0849. The minimum atomic E-state index is -0.381. The number of nitrogens with zero attached hydrogens (tertiary/aromatic N) is 6. The molecule has 2 N–H and O–H groups in total. The smallest absolute Gasteiger partial charge is 0.245 e. The van der Waals surface area contributed by atoms with Crippen molar-refractivity contribution in [3.05, 3.63) is 17.6 Å². The summed E-state index contributed by atoms with van der Waals surface area (Å²) in [5, 5.41) is 14.8. The summed E-state index contributed by atoms with van der Waals surface area (Å²) >= 11 is 0. The predicted octanol–water partition coefficient (Wildman–Crippen LogP) is -1.24. The standard InChI is InChI=1S/C7H9N7O/c1-13-6(8)4(3-9-13)5(15)7-10-12-14(2)11-7/h3H,8H2,1-2H3. The van der Waals surface area contributed by atoms with Gasteiger partial charge in [0.1, 0.15) is 5.82 Å². The molecule has 8 heteroatoms. The topological polar surface area (TPSA) is 105 Å². The van der Waals surface area contributed by atoms with E-state index in [1.54, 1.807) is 14.1 Å². The summed E-state index contributed by atoms with van der Waals surface area (Å²) in [6, 6.07) is 0. The molecule has 2 heterocycles. The average Bonchev–Trinajstić information content (AvgIpc) is 2.75. The zero-order chi connectivity index (χ0) is 11.0. The van der Waals surface area contributed by atoms with Crippen LogP contribution in [0.3, 0.4) is 0 Å². The van der Waals surface area contributed by atoms with Crippen LogP contribution in [0.25, 0.3) is 0 Å². The van der Waals surface area contributed by atoms with Gasteiger partial charge in [-0.1, -0.05) is 0 Å². The molecule has 0 spiro atoms. The van der Waals surface area contributed by atoms with E-state index in [2.05, 4.69) is 20.5 Å². The molecule has 0 fully saturated rings. The first-order chi connectivity index (χ1) is 7.09. The van der Waals surface area contributed by atoms with Crippen LogP contribution in [-0.4, -0.2) is 35.8 Å². The van der Waals surface area contributed by atoms with Gasteiger partial charge in [-0.3, -0.25) is 9.48 Å². The van der Waals surface area contributed by atoms with Crippen molar-refractivity contribution >= 4 is 11.6 Å². The Balaban J connectivity index is 2.41. The number of anilines is 1. The van der Waals surface area contributed by atoms with E-state index in [4.69, 9.17) is 5.73 Å². The third-order valence-electron chi connectivity index (χ3n) is 1.94. The molecule has 0 atom stereocenters. The van der Waals surface area contributed by atoms with Gasteiger partial charge in [0.25, 0.3) is 0 Å². The molecule has 2 rings (SSSR count). The van der Waals surface area contributed by atoms with E-state index in [0.717, 1.165) is 0 Å². The lowest BCUT2D eigenvalue weighted by molar-refractivity contribution is 0.103. The number of hydrogen-bond donors (Lipinski definition) is 1. The van der Waals surface area contributed by atoms with Crippen molar-refractivity contribution in [3.8, 4) is 0 Å². The second kappa shape index (κ2) is 3.15. The first-order valence-corrected chi connectivity index (χ1v) is 4.15. The molecule has 0 radical (unpaired) electrons. The van der Waals surface area contributed by atoms with Gasteiger partial charge in [-0.05, 0) is 5.21 Å². The monoisotopic (exact) mass is 207 g/mol. The Bertz CT molecular complexity index is 511. The maximum absolute atomic E-state index is 11.8. The van der Waals surface area contributed by atoms with Crippen molar-refractivity contribution in [2.45, 2.75) is 0 Å². The van der Waals surface area contributed by atoms with E-state index in [1.165, 1.54) is 15.7 Å². The molecule has 0 bridgehead atoms. The number of rotatable bonds is 2. The minimum Gasteiger partial charge on any atom is -0.383 e. The fourth-order valence-electron chi connectivity index (χ4n) is 1.12. The van der Waals surface area contributed by atoms with Crippen LogP contribution in [0.2, 0.25) is 0 Å². The van der Waals surface area contributed by atoms with Crippen LogP contribution >= 0.6 is 0 Å². The Kier molecular flexibility index (Phi) is 1.96. The average molecular weight is 207 g/mol. The molecule has 0 aromatic carbocycles. The summed E-state index contributed by atoms with van der Waals surface area (Å²) in [6.07, 6.45) is 1.38. The van der Waals surface area contributed by atoms with Gasteiger partial charge in [0, 0.05) is 7.05 Å². The second-order valence-electron chi connectivity index (χ2n) is 3.00. The largest absolute Gasteiger partial charge is 0.383 e.